The normalized spacial score (nSPS) is 12.6. The van der Waals surface area contributed by atoms with E-state index in [0.29, 0.717) is 33.0 Å². The summed E-state index contributed by atoms with van der Waals surface area (Å²) < 4.78 is 16.0. The number of hydrogen-bond donors (Lipinski definition) is 1. The molecule has 0 amide bonds. The first-order valence-electron chi connectivity index (χ1n) is 6.23. The lowest BCUT2D eigenvalue weighted by molar-refractivity contribution is -0.00440. The Morgan fingerprint density at radius 1 is 1.11 bits per heavy atom. The fourth-order valence-electron chi connectivity index (χ4n) is 1.73. The molecule has 0 fully saturated rings. The van der Waals surface area contributed by atoms with Crippen molar-refractivity contribution in [1.82, 2.24) is 0 Å². The maximum absolute atomic E-state index is 5.75. The molecule has 0 saturated heterocycles. The lowest BCUT2D eigenvalue weighted by Crippen LogP contribution is -2.19. The summed E-state index contributed by atoms with van der Waals surface area (Å²) in [4.78, 5) is 0. The van der Waals surface area contributed by atoms with Crippen molar-refractivity contribution >= 4 is 0 Å². The van der Waals surface area contributed by atoms with Crippen LogP contribution < -0.4 is 5.73 Å². The number of methoxy groups -OCH3 is 1. The van der Waals surface area contributed by atoms with Gasteiger partial charge >= 0.3 is 0 Å². The molecule has 0 radical (unpaired) electrons. The number of hydrogen-bond acceptors (Lipinski definition) is 4. The van der Waals surface area contributed by atoms with Gasteiger partial charge in [0, 0.05) is 13.7 Å². The Hall–Kier alpha value is -0.940. The van der Waals surface area contributed by atoms with E-state index in [4.69, 9.17) is 19.9 Å². The van der Waals surface area contributed by atoms with Crippen LogP contribution in [0.3, 0.4) is 0 Å². The van der Waals surface area contributed by atoms with Gasteiger partial charge in [0.25, 0.3) is 0 Å². The second-order valence-electron chi connectivity index (χ2n) is 4.06. The van der Waals surface area contributed by atoms with Gasteiger partial charge < -0.3 is 19.9 Å². The van der Waals surface area contributed by atoms with Crippen molar-refractivity contribution < 1.29 is 14.2 Å². The summed E-state index contributed by atoms with van der Waals surface area (Å²) in [5.41, 5.74) is 8.10. The van der Waals surface area contributed by atoms with Gasteiger partial charge in [0.1, 0.15) is 0 Å². The first-order valence-corrected chi connectivity index (χ1v) is 6.23. The molecule has 18 heavy (non-hydrogen) atoms. The minimum absolute atomic E-state index is 0.0581. The quantitative estimate of drug-likeness (QED) is 0.680. The molecule has 0 aliphatic carbocycles. The third-order valence-corrected chi connectivity index (χ3v) is 2.73. The molecule has 1 rings (SSSR count). The standard InChI is InChI=1S/C14H23NO3/c1-12-5-3-4-6-13(12)14(11-15)18-10-9-17-8-7-16-2/h3-6,14H,7-11,15H2,1-2H3. The number of rotatable bonds is 9. The third-order valence-electron chi connectivity index (χ3n) is 2.73. The third kappa shape index (κ3) is 5.14. The Balaban J connectivity index is 2.32. The molecule has 0 spiro atoms. The van der Waals surface area contributed by atoms with Crippen LogP contribution in [0.5, 0.6) is 0 Å². The minimum atomic E-state index is -0.0581. The molecule has 0 heterocycles. The first-order chi connectivity index (χ1) is 8.79. The van der Waals surface area contributed by atoms with Gasteiger partial charge in [0.15, 0.2) is 0 Å². The van der Waals surface area contributed by atoms with Gasteiger partial charge in [-0.2, -0.15) is 0 Å². The van der Waals surface area contributed by atoms with Crippen molar-refractivity contribution in [3.05, 3.63) is 35.4 Å². The molecule has 0 aliphatic heterocycles. The van der Waals surface area contributed by atoms with Gasteiger partial charge in [-0.1, -0.05) is 24.3 Å². The van der Waals surface area contributed by atoms with Crippen LogP contribution in [0.4, 0.5) is 0 Å². The fourth-order valence-corrected chi connectivity index (χ4v) is 1.73. The van der Waals surface area contributed by atoms with Crippen LogP contribution in [0, 0.1) is 6.92 Å². The largest absolute Gasteiger partial charge is 0.382 e. The van der Waals surface area contributed by atoms with E-state index in [-0.39, 0.29) is 6.10 Å². The fraction of sp³-hybridized carbons (Fsp3) is 0.571. The van der Waals surface area contributed by atoms with Crippen LogP contribution in [0.2, 0.25) is 0 Å². The minimum Gasteiger partial charge on any atom is -0.382 e. The Labute approximate surface area is 109 Å². The second kappa shape index (κ2) is 9.05. The average Bonchev–Trinajstić information content (AvgIpc) is 2.39. The molecule has 102 valence electrons. The molecule has 2 N–H and O–H groups in total. The van der Waals surface area contributed by atoms with Gasteiger partial charge in [-0.05, 0) is 18.1 Å². The molecule has 0 aliphatic rings. The molecule has 1 atom stereocenters. The zero-order chi connectivity index (χ0) is 13.2. The number of benzene rings is 1. The maximum Gasteiger partial charge on any atom is 0.0950 e. The monoisotopic (exact) mass is 253 g/mol. The SMILES string of the molecule is COCCOCCOC(CN)c1ccccc1C. The van der Waals surface area contributed by atoms with Gasteiger partial charge in [-0.3, -0.25) is 0 Å². The van der Waals surface area contributed by atoms with Crippen molar-refractivity contribution in [2.45, 2.75) is 13.0 Å². The van der Waals surface area contributed by atoms with E-state index >= 15 is 0 Å². The van der Waals surface area contributed by atoms with Crippen molar-refractivity contribution in [3.8, 4) is 0 Å². The van der Waals surface area contributed by atoms with E-state index in [9.17, 15) is 0 Å². The number of nitrogens with two attached hydrogens (primary N) is 1. The van der Waals surface area contributed by atoms with Gasteiger partial charge in [-0.15, -0.1) is 0 Å². The summed E-state index contributed by atoms with van der Waals surface area (Å²) in [5.74, 6) is 0. The molecule has 4 heteroatoms. The van der Waals surface area contributed by atoms with Gasteiger partial charge in [0.05, 0.1) is 32.5 Å². The average molecular weight is 253 g/mol. The summed E-state index contributed by atoms with van der Waals surface area (Å²) in [6, 6.07) is 8.14. The summed E-state index contributed by atoms with van der Waals surface area (Å²) in [5, 5.41) is 0. The lowest BCUT2D eigenvalue weighted by Gasteiger charge is -2.18. The summed E-state index contributed by atoms with van der Waals surface area (Å²) in [7, 11) is 1.66. The van der Waals surface area contributed by atoms with Crippen molar-refractivity contribution in [3.63, 3.8) is 0 Å². The second-order valence-corrected chi connectivity index (χ2v) is 4.06. The zero-order valence-electron chi connectivity index (χ0n) is 11.2. The number of ether oxygens (including phenoxy) is 3. The van der Waals surface area contributed by atoms with Gasteiger partial charge in [0.2, 0.25) is 0 Å². The topological polar surface area (TPSA) is 53.7 Å². The highest BCUT2D eigenvalue weighted by molar-refractivity contribution is 5.27. The predicted octanol–water partition coefficient (Wildman–Crippen LogP) is 1.67. The van der Waals surface area contributed by atoms with E-state index in [1.54, 1.807) is 7.11 Å². The van der Waals surface area contributed by atoms with Crippen LogP contribution in [0.1, 0.15) is 17.2 Å². The Morgan fingerprint density at radius 2 is 1.83 bits per heavy atom. The summed E-state index contributed by atoms with van der Waals surface area (Å²) in [6.45, 7) is 4.85. The smallest absolute Gasteiger partial charge is 0.0950 e. The molecular weight excluding hydrogens is 230 g/mol. The highest BCUT2D eigenvalue weighted by Crippen LogP contribution is 2.19. The maximum atomic E-state index is 5.75. The Morgan fingerprint density at radius 3 is 2.50 bits per heavy atom. The van der Waals surface area contributed by atoms with Crippen LogP contribution in [0.25, 0.3) is 0 Å². The summed E-state index contributed by atoms with van der Waals surface area (Å²) >= 11 is 0. The Bertz CT molecular complexity index is 331. The molecule has 1 aromatic carbocycles. The highest BCUT2D eigenvalue weighted by atomic mass is 16.5. The van der Waals surface area contributed by atoms with E-state index < -0.39 is 0 Å². The Kier molecular flexibility index (Phi) is 7.60. The van der Waals surface area contributed by atoms with E-state index in [1.807, 2.05) is 12.1 Å². The van der Waals surface area contributed by atoms with Crippen LogP contribution in [-0.4, -0.2) is 40.1 Å². The molecular formula is C14H23NO3. The van der Waals surface area contributed by atoms with Crippen molar-refractivity contribution in [2.24, 2.45) is 5.73 Å². The van der Waals surface area contributed by atoms with Crippen molar-refractivity contribution in [2.75, 3.05) is 40.1 Å². The van der Waals surface area contributed by atoms with Crippen LogP contribution in [0.15, 0.2) is 24.3 Å². The predicted molar refractivity (Wildman–Crippen MR) is 71.6 cm³/mol. The molecule has 0 bridgehead atoms. The molecule has 4 nitrogen and oxygen atoms in total. The van der Waals surface area contributed by atoms with E-state index in [2.05, 4.69) is 19.1 Å². The lowest BCUT2D eigenvalue weighted by atomic mass is 10.0. The highest BCUT2D eigenvalue weighted by Gasteiger charge is 2.11. The van der Waals surface area contributed by atoms with Crippen molar-refractivity contribution in [1.29, 1.82) is 0 Å². The summed E-state index contributed by atoms with van der Waals surface area (Å²) in [6.07, 6.45) is -0.0581. The van der Waals surface area contributed by atoms with Gasteiger partial charge in [-0.25, -0.2) is 0 Å². The number of aryl methyl sites for hydroxylation is 1. The first kappa shape index (κ1) is 15.1. The van der Waals surface area contributed by atoms with E-state index in [1.165, 1.54) is 5.56 Å². The van der Waals surface area contributed by atoms with Crippen LogP contribution in [-0.2, 0) is 14.2 Å². The molecule has 1 aromatic rings. The molecule has 0 aromatic heterocycles. The van der Waals surface area contributed by atoms with E-state index in [0.717, 1.165) is 5.56 Å². The zero-order valence-corrected chi connectivity index (χ0v) is 11.2. The van der Waals surface area contributed by atoms with Crippen LogP contribution >= 0.6 is 0 Å². The molecule has 1 unspecified atom stereocenters. The molecule has 0 saturated carbocycles.